The maximum absolute atomic E-state index is 5.85. The highest BCUT2D eigenvalue weighted by Crippen LogP contribution is 2.37. The second-order valence-electron chi connectivity index (χ2n) is 6.70. The summed E-state index contributed by atoms with van der Waals surface area (Å²) >= 11 is 3.62. The van der Waals surface area contributed by atoms with Crippen molar-refractivity contribution >= 4 is 15.9 Å². The molecule has 0 aromatic heterocycles. The number of rotatable bonds is 6. The second kappa shape index (κ2) is 9.53. The van der Waals surface area contributed by atoms with Crippen molar-refractivity contribution in [2.75, 3.05) is 7.11 Å². The van der Waals surface area contributed by atoms with Gasteiger partial charge in [-0.2, -0.15) is 0 Å². The van der Waals surface area contributed by atoms with Crippen molar-refractivity contribution in [1.29, 1.82) is 0 Å². The number of nitrogens with one attached hydrogen (secondary N) is 1. The normalized spacial score (nSPS) is 16.9. The molecule has 0 atom stereocenters. The quantitative estimate of drug-likeness (QED) is 0.708. The van der Waals surface area contributed by atoms with Gasteiger partial charge in [-0.15, -0.1) is 0 Å². The van der Waals surface area contributed by atoms with Gasteiger partial charge in [0.1, 0.15) is 0 Å². The Morgan fingerprint density at radius 1 is 1.13 bits per heavy atom. The van der Waals surface area contributed by atoms with Gasteiger partial charge in [-0.3, -0.25) is 0 Å². The molecule has 0 bridgehead atoms. The van der Waals surface area contributed by atoms with Crippen LogP contribution in [0.25, 0.3) is 0 Å². The highest BCUT2D eigenvalue weighted by molar-refractivity contribution is 9.10. The molecular formula is C19H30BrNO2. The van der Waals surface area contributed by atoms with E-state index in [4.69, 9.17) is 9.47 Å². The summed E-state index contributed by atoms with van der Waals surface area (Å²) in [6.07, 6.45) is 9.61. The van der Waals surface area contributed by atoms with Gasteiger partial charge in [0.15, 0.2) is 11.5 Å². The van der Waals surface area contributed by atoms with Gasteiger partial charge in [-0.25, -0.2) is 0 Å². The van der Waals surface area contributed by atoms with Crippen LogP contribution in [0.15, 0.2) is 16.6 Å². The third-order valence-corrected chi connectivity index (χ3v) is 4.93. The lowest BCUT2D eigenvalue weighted by atomic mass is 9.96. The fourth-order valence-electron chi connectivity index (χ4n) is 3.15. The minimum atomic E-state index is 0.124. The highest BCUT2D eigenvalue weighted by Gasteiger charge is 2.15. The fourth-order valence-corrected chi connectivity index (χ4v) is 3.73. The van der Waals surface area contributed by atoms with Crippen LogP contribution >= 0.6 is 15.9 Å². The summed E-state index contributed by atoms with van der Waals surface area (Å²) in [5.41, 5.74) is 1.23. The standard InChI is InChI=1S/C19H30BrNO2/c1-14(2)23-19-17(20)11-15(12-18(19)22-3)13-21-16-9-7-5-4-6-8-10-16/h11-12,14,16,21H,4-10,13H2,1-3H3. The maximum Gasteiger partial charge on any atom is 0.175 e. The van der Waals surface area contributed by atoms with E-state index in [0.717, 1.165) is 22.5 Å². The van der Waals surface area contributed by atoms with E-state index in [0.29, 0.717) is 6.04 Å². The van der Waals surface area contributed by atoms with Crippen LogP contribution in [-0.4, -0.2) is 19.3 Å². The Hall–Kier alpha value is -0.740. The van der Waals surface area contributed by atoms with Crippen molar-refractivity contribution < 1.29 is 9.47 Å². The van der Waals surface area contributed by atoms with Gasteiger partial charge >= 0.3 is 0 Å². The Morgan fingerprint density at radius 2 is 1.78 bits per heavy atom. The van der Waals surface area contributed by atoms with E-state index in [-0.39, 0.29) is 6.10 Å². The van der Waals surface area contributed by atoms with Gasteiger partial charge in [0, 0.05) is 12.6 Å². The van der Waals surface area contributed by atoms with E-state index in [2.05, 4.69) is 33.4 Å². The van der Waals surface area contributed by atoms with Crippen LogP contribution in [-0.2, 0) is 6.54 Å². The Kier molecular flexibility index (Phi) is 7.71. The third kappa shape index (κ3) is 6.00. The van der Waals surface area contributed by atoms with E-state index in [1.54, 1.807) is 7.11 Å². The number of methoxy groups -OCH3 is 1. The Balaban J connectivity index is 2.00. The van der Waals surface area contributed by atoms with E-state index >= 15 is 0 Å². The molecule has 0 spiro atoms. The van der Waals surface area contributed by atoms with Crippen molar-refractivity contribution in [2.45, 2.75) is 77.5 Å². The molecule has 0 unspecified atom stereocenters. The summed E-state index contributed by atoms with van der Waals surface area (Å²) < 4.78 is 12.3. The first-order valence-corrected chi connectivity index (χ1v) is 9.66. The minimum Gasteiger partial charge on any atom is -0.493 e. The van der Waals surface area contributed by atoms with Crippen molar-refractivity contribution in [3.63, 3.8) is 0 Å². The first-order valence-electron chi connectivity index (χ1n) is 8.86. The Bertz CT molecular complexity index is 483. The van der Waals surface area contributed by atoms with E-state index in [1.165, 1.54) is 50.5 Å². The molecule has 0 amide bonds. The molecule has 23 heavy (non-hydrogen) atoms. The molecule has 2 rings (SSSR count). The van der Waals surface area contributed by atoms with Gasteiger partial charge in [0.05, 0.1) is 17.7 Å². The molecule has 1 N–H and O–H groups in total. The molecule has 1 saturated carbocycles. The van der Waals surface area contributed by atoms with Crippen LogP contribution in [0.1, 0.15) is 64.4 Å². The molecule has 1 aliphatic carbocycles. The SMILES string of the molecule is COc1cc(CNC2CCCCCCC2)cc(Br)c1OC(C)C. The largest absolute Gasteiger partial charge is 0.493 e. The lowest BCUT2D eigenvalue weighted by molar-refractivity contribution is 0.228. The topological polar surface area (TPSA) is 30.5 Å². The first kappa shape index (κ1) is 18.6. The molecule has 3 nitrogen and oxygen atoms in total. The molecule has 1 aromatic carbocycles. The molecule has 0 radical (unpaired) electrons. The predicted octanol–water partition coefficient (Wildman–Crippen LogP) is 5.45. The van der Waals surface area contributed by atoms with Crippen LogP contribution in [0.5, 0.6) is 11.5 Å². The predicted molar refractivity (Wildman–Crippen MR) is 99.4 cm³/mol. The van der Waals surface area contributed by atoms with Crippen molar-refractivity contribution in [3.8, 4) is 11.5 Å². The molecule has 1 aliphatic rings. The number of hydrogen-bond acceptors (Lipinski definition) is 3. The van der Waals surface area contributed by atoms with Crippen LogP contribution < -0.4 is 14.8 Å². The molecule has 1 aromatic rings. The summed E-state index contributed by atoms with van der Waals surface area (Å²) in [4.78, 5) is 0. The summed E-state index contributed by atoms with van der Waals surface area (Å²) in [6, 6.07) is 4.86. The van der Waals surface area contributed by atoms with E-state index < -0.39 is 0 Å². The van der Waals surface area contributed by atoms with Crippen molar-refractivity contribution in [1.82, 2.24) is 5.32 Å². The maximum atomic E-state index is 5.85. The van der Waals surface area contributed by atoms with Crippen LogP contribution in [0.2, 0.25) is 0 Å². The lowest BCUT2D eigenvalue weighted by Crippen LogP contribution is -2.29. The lowest BCUT2D eigenvalue weighted by Gasteiger charge is -2.22. The summed E-state index contributed by atoms with van der Waals surface area (Å²) in [5, 5.41) is 3.73. The second-order valence-corrected chi connectivity index (χ2v) is 7.55. The number of ether oxygens (including phenoxy) is 2. The average Bonchev–Trinajstić information content (AvgIpc) is 2.48. The zero-order valence-corrected chi connectivity index (χ0v) is 16.2. The smallest absolute Gasteiger partial charge is 0.175 e. The van der Waals surface area contributed by atoms with Gasteiger partial charge in [-0.1, -0.05) is 32.1 Å². The highest BCUT2D eigenvalue weighted by atomic mass is 79.9. The molecule has 4 heteroatoms. The van der Waals surface area contributed by atoms with Crippen molar-refractivity contribution in [2.24, 2.45) is 0 Å². The molecule has 1 fully saturated rings. The molecule has 0 heterocycles. The molecule has 0 aliphatic heterocycles. The summed E-state index contributed by atoms with van der Waals surface area (Å²) in [6.45, 7) is 4.92. The van der Waals surface area contributed by atoms with E-state index in [1.807, 2.05) is 13.8 Å². The fraction of sp³-hybridized carbons (Fsp3) is 0.684. The Labute approximate surface area is 149 Å². The average molecular weight is 384 g/mol. The van der Waals surface area contributed by atoms with Crippen LogP contribution in [0, 0.1) is 0 Å². The summed E-state index contributed by atoms with van der Waals surface area (Å²) in [7, 11) is 1.70. The van der Waals surface area contributed by atoms with Gasteiger partial charge in [0.25, 0.3) is 0 Å². The Morgan fingerprint density at radius 3 is 2.39 bits per heavy atom. The summed E-state index contributed by atoms with van der Waals surface area (Å²) in [5.74, 6) is 1.58. The number of hydrogen-bond donors (Lipinski definition) is 1. The van der Waals surface area contributed by atoms with E-state index in [9.17, 15) is 0 Å². The number of halogens is 1. The monoisotopic (exact) mass is 383 g/mol. The third-order valence-electron chi connectivity index (χ3n) is 4.34. The molecule has 130 valence electrons. The zero-order valence-electron chi connectivity index (χ0n) is 14.7. The van der Waals surface area contributed by atoms with Gasteiger partial charge in [0.2, 0.25) is 0 Å². The number of benzene rings is 1. The van der Waals surface area contributed by atoms with Gasteiger partial charge in [-0.05, 0) is 60.3 Å². The molecule has 0 saturated heterocycles. The molecular weight excluding hydrogens is 354 g/mol. The van der Waals surface area contributed by atoms with Crippen molar-refractivity contribution in [3.05, 3.63) is 22.2 Å². The van der Waals surface area contributed by atoms with Crippen LogP contribution in [0.3, 0.4) is 0 Å². The van der Waals surface area contributed by atoms with Gasteiger partial charge < -0.3 is 14.8 Å². The zero-order chi connectivity index (χ0) is 16.7. The minimum absolute atomic E-state index is 0.124. The first-order chi connectivity index (χ1) is 11.1. The van der Waals surface area contributed by atoms with Crippen LogP contribution in [0.4, 0.5) is 0 Å².